The standard InChI is InChI=1S/C24H18ClF2N3O3/c25-20-11-18(27)10-7-16(20)12-28-22(31)14-29-21-4-2-1-3-19(21)23(32)30(24(29)33)13-15-5-8-17(26)9-6-15/h1-11H,12-14H2,(H,28,31). The lowest BCUT2D eigenvalue weighted by Gasteiger charge is -2.14. The van der Waals surface area contributed by atoms with Crippen molar-refractivity contribution in [3.8, 4) is 0 Å². The van der Waals surface area contributed by atoms with Crippen LogP contribution in [0.2, 0.25) is 5.02 Å². The van der Waals surface area contributed by atoms with Crippen LogP contribution in [0.3, 0.4) is 0 Å². The molecule has 0 radical (unpaired) electrons. The van der Waals surface area contributed by atoms with Gasteiger partial charge in [0.1, 0.15) is 18.2 Å². The van der Waals surface area contributed by atoms with Crippen molar-refractivity contribution in [3.63, 3.8) is 0 Å². The highest BCUT2D eigenvalue weighted by atomic mass is 35.5. The summed E-state index contributed by atoms with van der Waals surface area (Å²) in [6, 6.07) is 15.8. The molecule has 9 heteroatoms. The van der Waals surface area contributed by atoms with Crippen molar-refractivity contribution < 1.29 is 13.6 Å². The van der Waals surface area contributed by atoms with E-state index in [2.05, 4.69) is 5.32 Å². The summed E-state index contributed by atoms with van der Waals surface area (Å²) in [6.45, 7) is -0.378. The predicted molar refractivity (Wildman–Crippen MR) is 121 cm³/mol. The summed E-state index contributed by atoms with van der Waals surface area (Å²) in [5.41, 5.74) is 0.225. The van der Waals surface area contributed by atoms with E-state index < -0.39 is 28.8 Å². The Morgan fingerprint density at radius 2 is 1.61 bits per heavy atom. The molecule has 4 aromatic rings. The van der Waals surface area contributed by atoms with Gasteiger partial charge in [0.05, 0.1) is 17.4 Å². The zero-order chi connectivity index (χ0) is 23.5. The second-order valence-electron chi connectivity index (χ2n) is 7.42. The van der Waals surface area contributed by atoms with Crippen LogP contribution in [-0.2, 0) is 24.4 Å². The maximum Gasteiger partial charge on any atom is 0.332 e. The van der Waals surface area contributed by atoms with Crippen LogP contribution < -0.4 is 16.6 Å². The van der Waals surface area contributed by atoms with Crippen LogP contribution in [0.1, 0.15) is 11.1 Å². The van der Waals surface area contributed by atoms with Crippen LogP contribution >= 0.6 is 11.6 Å². The molecule has 3 aromatic carbocycles. The van der Waals surface area contributed by atoms with E-state index in [1.165, 1.54) is 41.0 Å². The lowest BCUT2D eigenvalue weighted by Crippen LogP contribution is -2.42. The summed E-state index contributed by atoms with van der Waals surface area (Å²) >= 11 is 5.99. The molecule has 0 saturated carbocycles. The predicted octanol–water partition coefficient (Wildman–Crippen LogP) is 3.46. The number of nitrogens with zero attached hydrogens (tertiary/aromatic N) is 2. The van der Waals surface area contributed by atoms with Crippen LogP contribution in [0.5, 0.6) is 0 Å². The summed E-state index contributed by atoms with van der Waals surface area (Å²) in [7, 11) is 0. The van der Waals surface area contributed by atoms with E-state index in [0.29, 0.717) is 16.6 Å². The molecule has 33 heavy (non-hydrogen) atoms. The lowest BCUT2D eigenvalue weighted by atomic mass is 10.2. The molecule has 1 amide bonds. The molecule has 1 heterocycles. The van der Waals surface area contributed by atoms with Gasteiger partial charge < -0.3 is 5.32 Å². The van der Waals surface area contributed by atoms with Crippen molar-refractivity contribution >= 4 is 28.4 Å². The van der Waals surface area contributed by atoms with E-state index in [-0.39, 0.29) is 30.0 Å². The third-order valence-electron chi connectivity index (χ3n) is 5.18. The number of aromatic nitrogens is 2. The number of carbonyl (C=O) groups is 1. The van der Waals surface area contributed by atoms with Crippen LogP contribution in [-0.4, -0.2) is 15.0 Å². The van der Waals surface area contributed by atoms with Gasteiger partial charge in [0.2, 0.25) is 5.91 Å². The van der Waals surface area contributed by atoms with Gasteiger partial charge in [-0.15, -0.1) is 0 Å². The number of halogens is 3. The van der Waals surface area contributed by atoms with Gasteiger partial charge >= 0.3 is 5.69 Å². The van der Waals surface area contributed by atoms with Crippen LogP contribution in [0.15, 0.2) is 76.3 Å². The number of nitrogens with one attached hydrogen (secondary N) is 1. The summed E-state index contributed by atoms with van der Waals surface area (Å²) in [5, 5.41) is 3.10. The van der Waals surface area contributed by atoms with E-state index >= 15 is 0 Å². The van der Waals surface area contributed by atoms with Gasteiger partial charge in [-0.1, -0.05) is 41.9 Å². The van der Waals surface area contributed by atoms with Crippen LogP contribution in [0.4, 0.5) is 8.78 Å². The van der Waals surface area contributed by atoms with Crippen molar-refractivity contribution in [2.45, 2.75) is 19.6 Å². The number of hydrogen-bond donors (Lipinski definition) is 1. The Labute approximate surface area is 191 Å². The van der Waals surface area contributed by atoms with Gasteiger partial charge in [0, 0.05) is 11.6 Å². The first-order valence-corrected chi connectivity index (χ1v) is 10.4. The van der Waals surface area contributed by atoms with E-state index in [1.54, 1.807) is 24.3 Å². The van der Waals surface area contributed by atoms with Crippen molar-refractivity contribution in [2.24, 2.45) is 0 Å². The maximum atomic E-state index is 13.2. The Kier molecular flexibility index (Phi) is 6.37. The zero-order valence-corrected chi connectivity index (χ0v) is 18.0. The number of para-hydroxylation sites is 1. The van der Waals surface area contributed by atoms with Gasteiger partial charge in [0.15, 0.2) is 0 Å². The second-order valence-corrected chi connectivity index (χ2v) is 7.82. The van der Waals surface area contributed by atoms with Crippen molar-refractivity contribution in [1.29, 1.82) is 0 Å². The normalized spacial score (nSPS) is 11.0. The molecule has 0 spiro atoms. The molecule has 0 atom stereocenters. The van der Waals surface area contributed by atoms with Crippen molar-refractivity contribution in [3.05, 3.63) is 115 Å². The van der Waals surface area contributed by atoms with Gasteiger partial charge in [-0.2, -0.15) is 0 Å². The first kappa shape index (κ1) is 22.4. The molecule has 168 valence electrons. The first-order valence-electron chi connectivity index (χ1n) is 10.0. The minimum Gasteiger partial charge on any atom is -0.350 e. The van der Waals surface area contributed by atoms with Crippen molar-refractivity contribution in [2.75, 3.05) is 0 Å². The highest BCUT2D eigenvalue weighted by Gasteiger charge is 2.16. The summed E-state index contributed by atoms with van der Waals surface area (Å²) in [6.07, 6.45) is 0. The monoisotopic (exact) mass is 469 g/mol. The molecular formula is C24H18ClF2N3O3. The first-order chi connectivity index (χ1) is 15.8. The lowest BCUT2D eigenvalue weighted by molar-refractivity contribution is -0.121. The third kappa shape index (κ3) is 4.85. The number of rotatable bonds is 6. The van der Waals surface area contributed by atoms with E-state index in [9.17, 15) is 23.2 Å². The summed E-state index contributed by atoms with van der Waals surface area (Å²) in [5.74, 6) is -1.41. The van der Waals surface area contributed by atoms with Gasteiger partial charge in [-0.3, -0.25) is 18.7 Å². The Morgan fingerprint density at radius 1 is 0.909 bits per heavy atom. The molecule has 0 fully saturated rings. The average molecular weight is 470 g/mol. The molecule has 0 aliphatic heterocycles. The number of hydrogen-bond acceptors (Lipinski definition) is 3. The molecule has 6 nitrogen and oxygen atoms in total. The van der Waals surface area contributed by atoms with Crippen molar-refractivity contribution in [1.82, 2.24) is 14.5 Å². The molecule has 4 rings (SSSR count). The summed E-state index contributed by atoms with van der Waals surface area (Å²) in [4.78, 5) is 38.8. The molecule has 1 N–H and O–H groups in total. The van der Waals surface area contributed by atoms with E-state index in [0.717, 1.165) is 10.6 Å². The number of benzene rings is 3. The fraction of sp³-hybridized carbons (Fsp3) is 0.125. The SMILES string of the molecule is O=C(Cn1c(=O)n(Cc2ccc(F)cc2)c(=O)c2ccccc21)NCc1ccc(F)cc1Cl. The molecule has 0 aliphatic carbocycles. The Hall–Kier alpha value is -3.78. The molecule has 1 aromatic heterocycles. The Morgan fingerprint density at radius 3 is 2.33 bits per heavy atom. The summed E-state index contributed by atoms with van der Waals surface area (Å²) < 4.78 is 28.7. The topological polar surface area (TPSA) is 73.1 Å². The fourth-order valence-corrected chi connectivity index (χ4v) is 3.73. The van der Waals surface area contributed by atoms with Crippen LogP contribution in [0, 0.1) is 11.6 Å². The maximum absolute atomic E-state index is 13.2. The number of amides is 1. The number of carbonyl (C=O) groups excluding carboxylic acids is 1. The van der Waals surface area contributed by atoms with Gasteiger partial charge in [0.25, 0.3) is 5.56 Å². The highest BCUT2D eigenvalue weighted by molar-refractivity contribution is 6.31. The quantitative estimate of drug-likeness (QED) is 0.470. The van der Waals surface area contributed by atoms with Crippen LogP contribution in [0.25, 0.3) is 10.9 Å². The molecule has 0 bridgehead atoms. The Bertz CT molecular complexity index is 1460. The molecular weight excluding hydrogens is 452 g/mol. The highest BCUT2D eigenvalue weighted by Crippen LogP contribution is 2.17. The minimum atomic E-state index is -0.669. The molecule has 0 unspecified atom stereocenters. The Balaban J connectivity index is 1.66. The van der Waals surface area contributed by atoms with E-state index in [1.807, 2.05) is 0 Å². The smallest absolute Gasteiger partial charge is 0.332 e. The molecule has 0 saturated heterocycles. The minimum absolute atomic E-state index is 0.0415. The third-order valence-corrected chi connectivity index (χ3v) is 5.53. The molecule has 0 aliphatic rings. The van der Waals surface area contributed by atoms with E-state index in [4.69, 9.17) is 11.6 Å². The zero-order valence-electron chi connectivity index (χ0n) is 17.2. The number of fused-ring (bicyclic) bond motifs is 1. The van der Waals surface area contributed by atoms with Gasteiger partial charge in [-0.25, -0.2) is 13.6 Å². The average Bonchev–Trinajstić information content (AvgIpc) is 2.80. The van der Waals surface area contributed by atoms with Gasteiger partial charge in [-0.05, 0) is 47.5 Å². The second kappa shape index (κ2) is 9.38. The fourth-order valence-electron chi connectivity index (χ4n) is 3.49. The largest absolute Gasteiger partial charge is 0.350 e.